The van der Waals surface area contributed by atoms with Crippen LogP contribution in [0.2, 0.25) is 0 Å². The van der Waals surface area contributed by atoms with Crippen LogP contribution in [0.1, 0.15) is 56.6 Å². The lowest BCUT2D eigenvalue weighted by atomic mass is 9.77. The maximum absolute atomic E-state index is 13.1. The normalized spacial score (nSPS) is 26.3. The van der Waals surface area contributed by atoms with Gasteiger partial charge in [-0.05, 0) is 51.6 Å². The molecule has 2 aliphatic rings. The minimum absolute atomic E-state index is 0. The van der Waals surface area contributed by atoms with Gasteiger partial charge in [0.25, 0.3) is 0 Å². The van der Waals surface area contributed by atoms with Crippen LogP contribution >= 0.6 is 12.4 Å². The zero-order valence-electron chi connectivity index (χ0n) is 14.2. The largest absolute Gasteiger partial charge is 0.352 e. The van der Waals surface area contributed by atoms with Crippen LogP contribution in [0.25, 0.3) is 0 Å². The van der Waals surface area contributed by atoms with Crippen LogP contribution in [0.4, 0.5) is 0 Å². The van der Waals surface area contributed by atoms with E-state index in [0.29, 0.717) is 12.1 Å². The quantitative estimate of drug-likeness (QED) is 0.887. The van der Waals surface area contributed by atoms with Crippen molar-refractivity contribution in [3.05, 3.63) is 35.4 Å². The minimum atomic E-state index is -0.292. The number of carbonyl (C=O) groups is 1. The molecule has 3 nitrogen and oxygen atoms in total. The van der Waals surface area contributed by atoms with E-state index in [4.69, 9.17) is 0 Å². The first-order chi connectivity index (χ1) is 10.6. The molecule has 1 amide bonds. The Kier molecular flexibility index (Phi) is 6.10. The lowest BCUT2D eigenvalue weighted by Crippen LogP contribution is -2.51. The summed E-state index contributed by atoms with van der Waals surface area (Å²) in [6.07, 6.45) is 6.37. The van der Waals surface area contributed by atoms with Gasteiger partial charge in [0.1, 0.15) is 0 Å². The molecule has 3 rings (SSSR count). The van der Waals surface area contributed by atoms with E-state index < -0.39 is 0 Å². The lowest BCUT2D eigenvalue weighted by Gasteiger charge is -2.34. The molecule has 4 heteroatoms. The average Bonchev–Trinajstić information content (AvgIpc) is 2.98. The Morgan fingerprint density at radius 3 is 2.70 bits per heavy atom. The Labute approximate surface area is 146 Å². The molecule has 2 fully saturated rings. The number of hydrogen-bond donors (Lipinski definition) is 2. The van der Waals surface area contributed by atoms with Gasteiger partial charge in [0.15, 0.2) is 0 Å². The van der Waals surface area contributed by atoms with Crippen molar-refractivity contribution in [3.63, 3.8) is 0 Å². The average molecular weight is 337 g/mol. The summed E-state index contributed by atoms with van der Waals surface area (Å²) in [5, 5.41) is 6.82. The number of rotatable bonds is 3. The fraction of sp³-hybridized carbons (Fsp3) is 0.632. The smallest absolute Gasteiger partial charge is 0.230 e. The van der Waals surface area contributed by atoms with Crippen molar-refractivity contribution in [2.24, 2.45) is 0 Å². The molecule has 23 heavy (non-hydrogen) atoms. The summed E-state index contributed by atoms with van der Waals surface area (Å²) in [5.41, 5.74) is 2.16. The zero-order valence-corrected chi connectivity index (χ0v) is 15.0. The van der Waals surface area contributed by atoms with Gasteiger partial charge >= 0.3 is 0 Å². The SMILES string of the molecule is Cc1cccc(C2(C(=O)NC3CCNC(C)C3)CCCC2)c1.Cl. The molecule has 1 saturated heterocycles. The van der Waals surface area contributed by atoms with Crippen LogP contribution in [0, 0.1) is 6.92 Å². The number of nitrogens with one attached hydrogen (secondary N) is 2. The van der Waals surface area contributed by atoms with Crippen LogP contribution in [0.15, 0.2) is 24.3 Å². The highest BCUT2D eigenvalue weighted by molar-refractivity contribution is 5.89. The molecule has 128 valence electrons. The number of benzene rings is 1. The van der Waals surface area contributed by atoms with E-state index >= 15 is 0 Å². The van der Waals surface area contributed by atoms with Crippen molar-refractivity contribution in [2.45, 2.75) is 69.9 Å². The third kappa shape index (κ3) is 3.89. The number of amides is 1. The van der Waals surface area contributed by atoms with E-state index in [1.807, 2.05) is 0 Å². The van der Waals surface area contributed by atoms with Crippen LogP contribution in [0.5, 0.6) is 0 Å². The molecule has 1 aliphatic heterocycles. The maximum Gasteiger partial charge on any atom is 0.230 e. The van der Waals surface area contributed by atoms with Crippen LogP contribution in [0.3, 0.4) is 0 Å². The highest BCUT2D eigenvalue weighted by Crippen LogP contribution is 2.41. The number of halogens is 1. The molecule has 0 radical (unpaired) electrons. The highest BCUT2D eigenvalue weighted by Gasteiger charge is 2.43. The number of aryl methyl sites for hydroxylation is 1. The summed E-state index contributed by atoms with van der Waals surface area (Å²) >= 11 is 0. The first-order valence-electron chi connectivity index (χ1n) is 8.72. The fourth-order valence-electron chi connectivity index (χ4n) is 4.15. The summed E-state index contributed by atoms with van der Waals surface area (Å²) in [7, 11) is 0. The van der Waals surface area contributed by atoms with Crippen molar-refractivity contribution < 1.29 is 4.79 Å². The molecule has 0 aromatic heterocycles. The van der Waals surface area contributed by atoms with Gasteiger partial charge in [0.05, 0.1) is 5.41 Å². The van der Waals surface area contributed by atoms with Gasteiger partial charge in [-0.1, -0.05) is 42.7 Å². The van der Waals surface area contributed by atoms with E-state index in [1.54, 1.807) is 0 Å². The Morgan fingerprint density at radius 2 is 2.04 bits per heavy atom. The van der Waals surface area contributed by atoms with Crippen molar-refractivity contribution in [1.82, 2.24) is 10.6 Å². The van der Waals surface area contributed by atoms with Crippen LogP contribution in [-0.2, 0) is 10.2 Å². The molecule has 2 unspecified atom stereocenters. The summed E-state index contributed by atoms with van der Waals surface area (Å²) in [5.74, 6) is 0.259. The minimum Gasteiger partial charge on any atom is -0.352 e. The van der Waals surface area contributed by atoms with E-state index in [1.165, 1.54) is 11.1 Å². The fourth-order valence-corrected chi connectivity index (χ4v) is 4.15. The molecule has 1 aliphatic carbocycles. The van der Waals surface area contributed by atoms with E-state index in [0.717, 1.165) is 45.1 Å². The topological polar surface area (TPSA) is 41.1 Å². The van der Waals surface area contributed by atoms with Gasteiger partial charge in [-0.2, -0.15) is 0 Å². The monoisotopic (exact) mass is 336 g/mol. The predicted octanol–water partition coefficient (Wildman–Crippen LogP) is 3.49. The van der Waals surface area contributed by atoms with Gasteiger partial charge < -0.3 is 10.6 Å². The van der Waals surface area contributed by atoms with Crippen molar-refractivity contribution in [2.75, 3.05) is 6.54 Å². The summed E-state index contributed by atoms with van der Waals surface area (Å²) < 4.78 is 0. The molecule has 0 spiro atoms. The van der Waals surface area contributed by atoms with E-state index in [9.17, 15) is 4.79 Å². The predicted molar refractivity (Wildman–Crippen MR) is 97.2 cm³/mol. The lowest BCUT2D eigenvalue weighted by molar-refractivity contribution is -0.127. The second-order valence-electron chi connectivity index (χ2n) is 7.21. The van der Waals surface area contributed by atoms with Gasteiger partial charge in [0.2, 0.25) is 5.91 Å². The molecule has 1 aromatic rings. The molecule has 1 aromatic carbocycles. The first kappa shape index (κ1) is 18.3. The van der Waals surface area contributed by atoms with Gasteiger partial charge in [-0.25, -0.2) is 0 Å². The molecule has 1 heterocycles. The number of carbonyl (C=O) groups excluding carboxylic acids is 1. The van der Waals surface area contributed by atoms with Crippen LogP contribution < -0.4 is 10.6 Å². The van der Waals surface area contributed by atoms with Gasteiger partial charge in [-0.15, -0.1) is 12.4 Å². The second kappa shape index (κ2) is 7.67. The first-order valence-corrected chi connectivity index (χ1v) is 8.72. The Hall–Kier alpha value is -1.06. The van der Waals surface area contributed by atoms with Crippen molar-refractivity contribution >= 4 is 18.3 Å². The molecule has 0 bridgehead atoms. The number of hydrogen-bond acceptors (Lipinski definition) is 2. The summed E-state index contributed by atoms with van der Waals surface area (Å²) in [6.45, 7) is 5.31. The summed E-state index contributed by atoms with van der Waals surface area (Å²) in [6, 6.07) is 9.37. The standard InChI is InChI=1S/C19H28N2O.ClH/c1-14-6-5-7-16(12-14)19(9-3-4-10-19)18(22)21-17-8-11-20-15(2)13-17;/h5-7,12,15,17,20H,3-4,8-11,13H2,1-2H3,(H,21,22);1H. The molecule has 2 N–H and O–H groups in total. The van der Waals surface area contributed by atoms with Gasteiger partial charge in [-0.3, -0.25) is 4.79 Å². The van der Waals surface area contributed by atoms with E-state index in [2.05, 4.69) is 48.7 Å². The molecule has 1 saturated carbocycles. The Morgan fingerprint density at radius 1 is 1.30 bits per heavy atom. The number of piperidine rings is 1. The molecule has 2 atom stereocenters. The molecular formula is C19H29ClN2O. The van der Waals surface area contributed by atoms with Crippen LogP contribution in [-0.4, -0.2) is 24.5 Å². The highest BCUT2D eigenvalue weighted by atomic mass is 35.5. The van der Waals surface area contributed by atoms with Gasteiger partial charge in [0, 0.05) is 12.1 Å². The van der Waals surface area contributed by atoms with E-state index in [-0.39, 0.29) is 23.7 Å². The zero-order chi connectivity index (χ0) is 15.6. The van der Waals surface area contributed by atoms with Crippen molar-refractivity contribution in [3.8, 4) is 0 Å². The third-order valence-corrected chi connectivity index (χ3v) is 5.42. The molecular weight excluding hydrogens is 308 g/mol. The maximum atomic E-state index is 13.1. The Balaban J connectivity index is 0.00000192. The van der Waals surface area contributed by atoms with Crippen molar-refractivity contribution in [1.29, 1.82) is 0 Å². The summed E-state index contributed by atoms with van der Waals surface area (Å²) in [4.78, 5) is 13.1. The second-order valence-corrected chi connectivity index (χ2v) is 7.21. The Bertz CT molecular complexity index is 540. The third-order valence-electron chi connectivity index (χ3n) is 5.42.